The standard InChI is InChI=1S/C20H16N4OS2/c1-12-3-4-15(20-21-9-10-26-20)11-17(12)14-5-7-16(8-6-14)22-19(25)18-13(2)23-24-27-18/h3-11H,1-2H3,(H,22,25). The summed E-state index contributed by atoms with van der Waals surface area (Å²) in [5.74, 6) is -0.183. The molecule has 27 heavy (non-hydrogen) atoms. The minimum atomic E-state index is -0.183. The van der Waals surface area contributed by atoms with E-state index in [4.69, 9.17) is 0 Å². The number of amides is 1. The minimum absolute atomic E-state index is 0.183. The van der Waals surface area contributed by atoms with E-state index in [2.05, 4.69) is 45.0 Å². The highest BCUT2D eigenvalue weighted by atomic mass is 32.1. The maximum atomic E-state index is 12.3. The van der Waals surface area contributed by atoms with Crippen LogP contribution in [0, 0.1) is 13.8 Å². The first-order chi connectivity index (χ1) is 13.1. The van der Waals surface area contributed by atoms with Gasteiger partial charge in [0, 0.05) is 22.8 Å². The fourth-order valence-electron chi connectivity index (χ4n) is 2.79. The molecule has 0 fully saturated rings. The van der Waals surface area contributed by atoms with E-state index in [1.165, 1.54) is 5.56 Å². The summed E-state index contributed by atoms with van der Waals surface area (Å²) in [4.78, 5) is 17.2. The number of carbonyl (C=O) groups is 1. The van der Waals surface area contributed by atoms with Crippen LogP contribution in [0.4, 0.5) is 5.69 Å². The molecule has 0 aliphatic carbocycles. The summed E-state index contributed by atoms with van der Waals surface area (Å²) in [7, 11) is 0. The molecular weight excluding hydrogens is 376 g/mol. The zero-order valence-electron chi connectivity index (χ0n) is 14.8. The van der Waals surface area contributed by atoms with Crippen molar-refractivity contribution in [2.75, 3.05) is 5.32 Å². The SMILES string of the molecule is Cc1ccc(-c2nccs2)cc1-c1ccc(NC(=O)c2snnc2C)cc1. The molecule has 4 aromatic rings. The van der Waals surface area contributed by atoms with Crippen molar-refractivity contribution in [3.63, 3.8) is 0 Å². The maximum Gasteiger partial charge on any atom is 0.269 e. The van der Waals surface area contributed by atoms with Crippen LogP contribution in [0.25, 0.3) is 21.7 Å². The molecule has 4 rings (SSSR count). The first-order valence-electron chi connectivity index (χ1n) is 8.33. The minimum Gasteiger partial charge on any atom is -0.321 e. The van der Waals surface area contributed by atoms with Gasteiger partial charge in [-0.05, 0) is 60.3 Å². The third kappa shape index (κ3) is 3.65. The fraction of sp³-hybridized carbons (Fsp3) is 0.100. The molecule has 0 aliphatic heterocycles. The van der Waals surface area contributed by atoms with Crippen molar-refractivity contribution >= 4 is 34.5 Å². The van der Waals surface area contributed by atoms with Gasteiger partial charge in [-0.3, -0.25) is 4.79 Å². The Hall–Kier alpha value is -2.90. The molecule has 0 unspecified atom stereocenters. The first-order valence-corrected chi connectivity index (χ1v) is 9.98. The Morgan fingerprint density at radius 1 is 1.04 bits per heavy atom. The number of aryl methyl sites for hydroxylation is 2. The van der Waals surface area contributed by atoms with Crippen molar-refractivity contribution in [2.45, 2.75) is 13.8 Å². The Bertz CT molecular complexity index is 1090. The summed E-state index contributed by atoms with van der Waals surface area (Å²) in [5.41, 5.74) is 5.94. The molecule has 134 valence electrons. The number of hydrogen-bond donors (Lipinski definition) is 1. The molecule has 1 amide bonds. The number of rotatable bonds is 4. The lowest BCUT2D eigenvalue weighted by molar-refractivity contribution is 0.103. The Kier molecular flexibility index (Phi) is 4.79. The normalized spacial score (nSPS) is 10.7. The molecule has 0 atom stereocenters. The second kappa shape index (κ2) is 7.38. The van der Waals surface area contributed by atoms with Gasteiger partial charge in [0.15, 0.2) is 0 Å². The molecule has 7 heteroatoms. The molecule has 2 heterocycles. The van der Waals surface area contributed by atoms with Gasteiger partial charge in [0.25, 0.3) is 5.91 Å². The number of benzene rings is 2. The molecule has 2 aromatic heterocycles. The zero-order valence-corrected chi connectivity index (χ0v) is 16.4. The highest BCUT2D eigenvalue weighted by Crippen LogP contribution is 2.31. The molecule has 1 N–H and O–H groups in total. The third-order valence-electron chi connectivity index (χ3n) is 4.23. The number of aromatic nitrogens is 3. The van der Waals surface area contributed by atoms with Crippen molar-refractivity contribution in [1.29, 1.82) is 0 Å². The van der Waals surface area contributed by atoms with Gasteiger partial charge in [0.1, 0.15) is 9.88 Å². The summed E-state index contributed by atoms with van der Waals surface area (Å²) in [6.45, 7) is 3.87. The number of nitrogens with zero attached hydrogens (tertiary/aromatic N) is 3. The van der Waals surface area contributed by atoms with E-state index in [1.54, 1.807) is 18.3 Å². The largest absolute Gasteiger partial charge is 0.321 e. The summed E-state index contributed by atoms with van der Waals surface area (Å²) in [5, 5.41) is 9.76. The van der Waals surface area contributed by atoms with E-state index < -0.39 is 0 Å². The lowest BCUT2D eigenvalue weighted by Crippen LogP contribution is -2.11. The Balaban J connectivity index is 1.58. The Labute approximate surface area is 164 Å². The van der Waals surface area contributed by atoms with Crippen LogP contribution >= 0.6 is 22.9 Å². The van der Waals surface area contributed by atoms with Crippen LogP contribution in [0.1, 0.15) is 20.9 Å². The lowest BCUT2D eigenvalue weighted by atomic mass is 9.98. The topological polar surface area (TPSA) is 67.8 Å². The van der Waals surface area contributed by atoms with Crippen molar-refractivity contribution in [3.8, 4) is 21.7 Å². The maximum absolute atomic E-state index is 12.3. The number of nitrogens with one attached hydrogen (secondary N) is 1. The van der Waals surface area contributed by atoms with Crippen LogP contribution in [-0.2, 0) is 0 Å². The second-order valence-electron chi connectivity index (χ2n) is 6.09. The molecular formula is C20H16N4OS2. The van der Waals surface area contributed by atoms with Gasteiger partial charge < -0.3 is 5.32 Å². The molecule has 0 bridgehead atoms. The zero-order chi connectivity index (χ0) is 18.8. The quantitative estimate of drug-likeness (QED) is 0.518. The van der Waals surface area contributed by atoms with E-state index in [0.29, 0.717) is 10.6 Å². The number of carbonyl (C=O) groups excluding carboxylic acids is 1. The van der Waals surface area contributed by atoms with Gasteiger partial charge in [0.05, 0.1) is 5.69 Å². The Morgan fingerprint density at radius 2 is 1.81 bits per heavy atom. The van der Waals surface area contributed by atoms with Crippen molar-refractivity contribution in [1.82, 2.24) is 14.6 Å². The van der Waals surface area contributed by atoms with Gasteiger partial charge in [-0.15, -0.1) is 16.4 Å². The molecule has 0 radical (unpaired) electrons. The summed E-state index contributed by atoms with van der Waals surface area (Å²) in [6.07, 6.45) is 1.82. The molecule has 0 saturated carbocycles. The number of thiazole rings is 1. The van der Waals surface area contributed by atoms with Gasteiger partial charge >= 0.3 is 0 Å². The van der Waals surface area contributed by atoms with Crippen LogP contribution in [0.15, 0.2) is 54.0 Å². The van der Waals surface area contributed by atoms with Crippen molar-refractivity contribution in [2.24, 2.45) is 0 Å². The second-order valence-corrected chi connectivity index (χ2v) is 7.73. The predicted octanol–water partition coefficient (Wildman–Crippen LogP) is 5.20. The molecule has 0 aliphatic rings. The summed E-state index contributed by atoms with van der Waals surface area (Å²) in [6, 6.07) is 14.2. The monoisotopic (exact) mass is 392 g/mol. The Morgan fingerprint density at radius 3 is 2.48 bits per heavy atom. The van der Waals surface area contributed by atoms with Crippen LogP contribution in [0.5, 0.6) is 0 Å². The van der Waals surface area contributed by atoms with E-state index in [1.807, 2.05) is 35.8 Å². The molecule has 0 saturated heterocycles. The van der Waals surface area contributed by atoms with E-state index in [9.17, 15) is 4.79 Å². The average molecular weight is 393 g/mol. The van der Waals surface area contributed by atoms with Crippen LogP contribution < -0.4 is 5.32 Å². The summed E-state index contributed by atoms with van der Waals surface area (Å²) < 4.78 is 3.80. The van der Waals surface area contributed by atoms with E-state index in [-0.39, 0.29) is 5.91 Å². The highest BCUT2D eigenvalue weighted by Gasteiger charge is 2.13. The highest BCUT2D eigenvalue weighted by molar-refractivity contribution is 7.13. The van der Waals surface area contributed by atoms with Gasteiger partial charge in [0.2, 0.25) is 0 Å². The number of anilines is 1. The van der Waals surface area contributed by atoms with E-state index in [0.717, 1.165) is 38.9 Å². The lowest BCUT2D eigenvalue weighted by Gasteiger charge is -2.10. The van der Waals surface area contributed by atoms with Crippen LogP contribution in [-0.4, -0.2) is 20.5 Å². The van der Waals surface area contributed by atoms with Crippen molar-refractivity contribution < 1.29 is 4.79 Å². The van der Waals surface area contributed by atoms with Gasteiger partial charge in [-0.1, -0.05) is 28.8 Å². The smallest absolute Gasteiger partial charge is 0.269 e. The van der Waals surface area contributed by atoms with Crippen LogP contribution in [0.2, 0.25) is 0 Å². The third-order valence-corrected chi connectivity index (χ3v) is 5.88. The predicted molar refractivity (Wildman–Crippen MR) is 110 cm³/mol. The fourth-order valence-corrected chi connectivity index (χ4v) is 3.98. The van der Waals surface area contributed by atoms with Gasteiger partial charge in [-0.2, -0.15) is 0 Å². The molecule has 5 nitrogen and oxygen atoms in total. The molecule has 0 spiro atoms. The molecule has 2 aromatic carbocycles. The average Bonchev–Trinajstić information content (AvgIpc) is 3.35. The summed E-state index contributed by atoms with van der Waals surface area (Å²) >= 11 is 2.73. The first kappa shape index (κ1) is 17.5. The van der Waals surface area contributed by atoms with Gasteiger partial charge in [-0.25, -0.2) is 4.98 Å². The van der Waals surface area contributed by atoms with Crippen LogP contribution in [0.3, 0.4) is 0 Å². The van der Waals surface area contributed by atoms with Crippen molar-refractivity contribution in [3.05, 3.63) is 70.2 Å². The van der Waals surface area contributed by atoms with E-state index >= 15 is 0 Å². The number of hydrogen-bond acceptors (Lipinski definition) is 6.